The summed E-state index contributed by atoms with van der Waals surface area (Å²) in [5.74, 6) is -1.57. The Kier molecular flexibility index (Phi) is 34.0. The Morgan fingerprint density at radius 1 is 0.338 bits per heavy atom. The van der Waals surface area contributed by atoms with Crippen molar-refractivity contribution in [2.45, 2.75) is 227 Å². The first kappa shape index (κ1) is 65.4. The Morgan fingerprint density at radius 2 is 0.558 bits per heavy atom. The van der Waals surface area contributed by atoms with Crippen LogP contribution in [-0.4, -0.2) is 82.0 Å². The fraction of sp³-hybridized carbons (Fsp3) is 0.667. The van der Waals surface area contributed by atoms with Crippen LogP contribution in [0.15, 0.2) is 24.3 Å². The maximum Gasteiger partial charge on any atom is 0.367 e. The van der Waals surface area contributed by atoms with Crippen molar-refractivity contribution >= 4 is 110 Å². The number of ether oxygens (including phenoxy) is 4. The summed E-state index contributed by atoms with van der Waals surface area (Å²) < 4.78 is 24.3. The van der Waals surface area contributed by atoms with E-state index < -0.39 is 11.9 Å². The summed E-state index contributed by atoms with van der Waals surface area (Å²) in [6.45, 7) is 12.1. The number of unbranched alkanes of at least 4 members (excludes halogenated alkanes) is 27. The third-order valence-electron chi connectivity index (χ3n) is 13.0. The smallest absolute Gasteiger partial charge is 0.367 e. The average Bonchev–Trinajstić information content (AvgIpc) is 4.26. The van der Waals surface area contributed by atoms with Crippen LogP contribution in [-0.2, 0) is 18.9 Å². The number of esters is 4. The zero-order valence-corrected chi connectivity index (χ0v) is 50.5. The second-order valence-electron chi connectivity index (χ2n) is 19.6. The number of aliphatic hydroxyl groups is 1. The van der Waals surface area contributed by atoms with E-state index in [1.54, 1.807) is 13.8 Å². The lowest BCUT2D eigenvalue weighted by Crippen LogP contribution is -2.05. The van der Waals surface area contributed by atoms with Crippen molar-refractivity contribution in [3.05, 3.63) is 44.3 Å². The van der Waals surface area contributed by atoms with Crippen LogP contribution >= 0.6 is 45.3 Å². The molecule has 0 atom stereocenters. The highest BCUT2D eigenvalue weighted by Crippen LogP contribution is 2.33. The van der Waals surface area contributed by atoms with Gasteiger partial charge in [-0.25, -0.2) is 39.1 Å². The molecule has 6 aromatic rings. The Hall–Kier alpha value is -4.16. The van der Waals surface area contributed by atoms with Gasteiger partial charge >= 0.3 is 23.9 Å². The number of aromatic nitrogens is 4. The standard InChI is InChI=1S/C34H52N2O4S2.C14H12N2O4S2.C12H26O/c1-3-5-7-9-11-13-15-17-19-21-23-39-33(37)31-35-27-25-30-28(26-29(27)41-31)36-32(42-30)34(38)40-24-22-20-18-16-14-12-10-8-6-4-2;1-3-19-13(17)11-15-7-5-10-8(6-9(7)21-11)16-12(22-10)14(18)20-4-2;1-2-3-4-5-6-7-8-9-10-11-12-13/h25-26H,3-24H2,1-2H3;5-6H,3-4H2,1-2H3;13H,2-12H2,1H3. The largest absolute Gasteiger partial charge is 0.461 e. The van der Waals surface area contributed by atoms with Crippen molar-refractivity contribution in [2.75, 3.05) is 33.0 Å². The molecule has 6 rings (SSSR count). The molecule has 77 heavy (non-hydrogen) atoms. The van der Waals surface area contributed by atoms with E-state index in [1.807, 2.05) is 24.3 Å². The molecule has 0 bridgehead atoms. The molecule has 0 aliphatic heterocycles. The lowest BCUT2D eigenvalue weighted by molar-refractivity contribution is 0.0488. The quantitative estimate of drug-likeness (QED) is 0.0220. The summed E-state index contributed by atoms with van der Waals surface area (Å²) in [6, 6.07) is 7.45. The average molecular weight is 1140 g/mol. The van der Waals surface area contributed by atoms with Crippen molar-refractivity contribution in [2.24, 2.45) is 0 Å². The van der Waals surface area contributed by atoms with E-state index in [0.29, 0.717) is 64.1 Å². The number of carbonyl (C=O) groups excluding carboxylic acids is 4. The number of hydrogen-bond donors (Lipinski definition) is 1. The molecule has 0 saturated carbocycles. The lowest BCUT2D eigenvalue weighted by atomic mass is 10.1. The lowest BCUT2D eigenvalue weighted by Gasteiger charge is -2.03. The summed E-state index contributed by atoms with van der Waals surface area (Å²) in [5, 5.41) is 9.94. The Labute approximate surface area is 475 Å². The van der Waals surface area contributed by atoms with E-state index in [2.05, 4.69) is 40.7 Å². The Balaban J connectivity index is 0.000000301. The van der Waals surface area contributed by atoms with E-state index in [-0.39, 0.29) is 11.9 Å². The van der Waals surface area contributed by atoms with Gasteiger partial charge in [0.25, 0.3) is 0 Å². The van der Waals surface area contributed by atoms with Crippen LogP contribution in [0.3, 0.4) is 0 Å². The van der Waals surface area contributed by atoms with Crippen molar-refractivity contribution in [1.82, 2.24) is 19.9 Å². The first-order valence-corrected chi connectivity index (χ1v) is 32.6. The van der Waals surface area contributed by atoms with Gasteiger partial charge in [-0.15, -0.1) is 45.3 Å². The number of fused-ring (bicyclic) bond motifs is 4. The Bertz CT molecular complexity index is 2320. The molecule has 0 amide bonds. The molecule has 13 nitrogen and oxygen atoms in total. The van der Waals surface area contributed by atoms with Gasteiger partial charge in [0.1, 0.15) is 0 Å². The van der Waals surface area contributed by atoms with Crippen LogP contribution in [0.4, 0.5) is 0 Å². The van der Waals surface area contributed by atoms with Crippen LogP contribution in [0.2, 0.25) is 0 Å². The van der Waals surface area contributed by atoms with Gasteiger partial charge in [-0.1, -0.05) is 194 Å². The van der Waals surface area contributed by atoms with Gasteiger partial charge in [0.15, 0.2) is 0 Å². The van der Waals surface area contributed by atoms with Gasteiger partial charge in [-0.2, -0.15) is 0 Å². The second kappa shape index (κ2) is 40.1. The molecule has 0 aliphatic rings. The number of aliphatic hydroxyl groups excluding tert-OH is 1. The molecule has 2 aromatic carbocycles. The number of benzene rings is 2. The van der Waals surface area contributed by atoms with E-state index >= 15 is 0 Å². The number of thiazole rings is 4. The minimum atomic E-state index is -0.424. The number of carbonyl (C=O) groups is 4. The second-order valence-corrected chi connectivity index (χ2v) is 23.8. The molecule has 17 heteroatoms. The molecule has 0 fully saturated rings. The highest BCUT2D eigenvalue weighted by atomic mass is 32.1. The summed E-state index contributed by atoms with van der Waals surface area (Å²) >= 11 is 5.13. The zero-order chi connectivity index (χ0) is 55.3. The molecule has 0 spiro atoms. The van der Waals surface area contributed by atoms with Gasteiger partial charge in [0.2, 0.25) is 20.0 Å². The molecule has 0 unspecified atom stereocenters. The molecule has 0 aliphatic carbocycles. The maximum absolute atomic E-state index is 12.5. The number of nitrogens with zero attached hydrogens (tertiary/aromatic N) is 4. The van der Waals surface area contributed by atoms with Crippen LogP contribution in [0, 0.1) is 0 Å². The third-order valence-corrected chi connectivity index (χ3v) is 17.0. The van der Waals surface area contributed by atoms with Gasteiger partial charge in [0, 0.05) is 6.61 Å². The normalized spacial score (nSPS) is 11.2. The van der Waals surface area contributed by atoms with Gasteiger partial charge < -0.3 is 24.1 Å². The monoisotopic (exact) mass is 1140 g/mol. The zero-order valence-electron chi connectivity index (χ0n) is 47.2. The van der Waals surface area contributed by atoms with Crippen LogP contribution in [0.5, 0.6) is 0 Å². The van der Waals surface area contributed by atoms with Crippen molar-refractivity contribution < 1.29 is 43.2 Å². The summed E-state index contributed by atoms with van der Waals surface area (Å²) in [4.78, 5) is 66.1. The Morgan fingerprint density at radius 3 is 0.792 bits per heavy atom. The number of rotatable bonds is 38. The van der Waals surface area contributed by atoms with Crippen LogP contribution < -0.4 is 0 Å². The molecular weight excluding hydrogens is 1050 g/mol. The summed E-state index contributed by atoms with van der Waals surface area (Å²) in [5.41, 5.74) is 2.85. The summed E-state index contributed by atoms with van der Waals surface area (Å²) in [7, 11) is 0. The fourth-order valence-electron chi connectivity index (χ4n) is 8.67. The van der Waals surface area contributed by atoms with Gasteiger partial charge in [-0.3, -0.25) is 0 Å². The summed E-state index contributed by atoms with van der Waals surface area (Å²) in [6.07, 6.45) is 38.2. The van der Waals surface area contributed by atoms with E-state index in [9.17, 15) is 19.2 Å². The highest BCUT2D eigenvalue weighted by molar-refractivity contribution is 7.22. The molecule has 0 radical (unpaired) electrons. The highest BCUT2D eigenvalue weighted by Gasteiger charge is 2.20. The first-order valence-electron chi connectivity index (χ1n) is 29.4. The van der Waals surface area contributed by atoms with E-state index in [4.69, 9.17) is 24.1 Å². The van der Waals surface area contributed by atoms with Crippen molar-refractivity contribution in [3.8, 4) is 0 Å². The van der Waals surface area contributed by atoms with Crippen molar-refractivity contribution in [3.63, 3.8) is 0 Å². The fourth-order valence-corrected chi connectivity index (χ4v) is 12.2. The molecular formula is C60H90N4O9S4. The molecule has 0 saturated heterocycles. The predicted molar refractivity (Wildman–Crippen MR) is 321 cm³/mol. The van der Waals surface area contributed by atoms with Crippen molar-refractivity contribution in [1.29, 1.82) is 0 Å². The van der Waals surface area contributed by atoms with Crippen LogP contribution in [0.25, 0.3) is 40.9 Å². The number of hydrogen-bond acceptors (Lipinski definition) is 17. The first-order chi connectivity index (χ1) is 37.6. The minimum Gasteiger partial charge on any atom is -0.461 e. The van der Waals surface area contributed by atoms with E-state index in [1.165, 1.54) is 206 Å². The minimum absolute atomic E-state index is 0.314. The molecule has 4 heterocycles. The molecule has 4 aromatic heterocycles. The van der Waals surface area contributed by atoms with E-state index in [0.717, 1.165) is 61.9 Å². The predicted octanol–water partition coefficient (Wildman–Crippen LogP) is 18.2. The maximum atomic E-state index is 12.5. The van der Waals surface area contributed by atoms with Crippen LogP contribution in [0.1, 0.15) is 266 Å². The third kappa shape index (κ3) is 25.2. The van der Waals surface area contributed by atoms with Gasteiger partial charge in [-0.05, 0) is 57.4 Å². The SMILES string of the molecule is CCCCCCCCCCCCO.CCCCCCCCCCCCOC(=O)c1nc2cc3sc(C(=O)OCCCCCCCCCCCC)nc3cc2s1.CCOC(=O)c1nc2cc3sc(C(=O)OCC)nc3cc2s1. The topological polar surface area (TPSA) is 177 Å². The molecule has 1 N–H and O–H groups in total. The van der Waals surface area contributed by atoms with Gasteiger partial charge in [0.05, 0.1) is 67.3 Å². The molecule has 428 valence electrons.